The minimum absolute atomic E-state index is 0.0169. The minimum atomic E-state index is -0.229. The lowest BCUT2D eigenvalue weighted by Gasteiger charge is -2.10. The molecule has 0 aliphatic heterocycles. The third-order valence-electron chi connectivity index (χ3n) is 1.99. The summed E-state index contributed by atoms with van der Waals surface area (Å²) in [5.74, 6) is 0.391. The first-order valence-electron chi connectivity index (χ1n) is 5.14. The van der Waals surface area contributed by atoms with Gasteiger partial charge in [-0.1, -0.05) is 12.1 Å². The number of nitrogens with zero attached hydrogens (tertiary/aromatic N) is 1. The van der Waals surface area contributed by atoms with E-state index in [9.17, 15) is 4.79 Å². The number of para-hydroxylation sites is 1. The highest BCUT2D eigenvalue weighted by Gasteiger charge is 2.07. The van der Waals surface area contributed by atoms with E-state index in [0.717, 1.165) is 10.6 Å². The van der Waals surface area contributed by atoms with Crippen molar-refractivity contribution in [2.24, 2.45) is 5.92 Å². The number of anilines is 1. The van der Waals surface area contributed by atoms with Crippen LogP contribution in [0, 0.1) is 17.2 Å². The van der Waals surface area contributed by atoms with Gasteiger partial charge in [0.1, 0.15) is 5.88 Å². The molecule has 0 fully saturated rings. The highest BCUT2D eigenvalue weighted by molar-refractivity contribution is 7.99. The van der Waals surface area contributed by atoms with Crippen LogP contribution in [0.15, 0.2) is 29.2 Å². The summed E-state index contributed by atoms with van der Waals surface area (Å²) in [6.45, 7) is 1.87. The van der Waals surface area contributed by atoms with Gasteiger partial charge >= 0.3 is 0 Å². The fourth-order valence-electron chi connectivity index (χ4n) is 1.13. The van der Waals surface area contributed by atoms with E-state index in [4.69, 9.17) is 16.9 Å². The number of amides is 1. The van der Waals surface area contributed by atoms with Crippen LogP contribution in [0.3, 0.4) is 0 Å². The lowest BCUT2D eigenvalue weighted by Crippen LogP contribution is -2.13. The number of hydrogen-bond donors (Lipinski definition) is 1. The first-order valence-corrected chi connectivity index (χ1v) is 6.66. The molecule has 3 nitrogen and oxygen atoms in total. The molecule has 0 radical (unpaired) electrons. The summed E-state index contributed by atoms with van der Waals surface area (Å²) in [6.07, 6.45) is 0. The molecule has 1 aromatic carbocycles. The van der Waals surface area contributed by atoms with E-state index < -0.39 is 0 Å². The molecular formula is C12H13ClN2OS. The Kier molecular flexibility index (Phi) is 5.88. The Bertz CT molecular complexity index is 431. The van der Waals surface area contributed by atoms with Crippen molar-refractivity contribution in [3.8, 4) is 6.07 Å². The number of carbonyl (C=O) groups excluding carboxylic acids is 1. The van der Waals surface area contributed by atoms with Crippen LogP contribution in [0.2, 0.25) is 0 Å². The topological polar surface area (TPSA) is 52.9 Å². The molecule has 0 aliphatic carbocycles. The minimum Gasteiger partial charge on any atom is -0.324 e. The van der Waals surface area contributed by atoms with E-state index in [0.29, 0.717) is 5.75 Å². The van der Waals surface area contributed by atoms with Crippen LogP contribution in [0.1, 0.15) is 6.92 Å². The van der Waals surface area contributed by atoms with Crippen molar-refractivity contribution in [2.75, 3.05) is 16.9 Å². The molecule has 5 heteroatoms. The molecule has 0 aromatic heterocycles. The van der Waals surface area contributed by atoms with E-state index in [1.165, 1.54) is 0 Å². The number of benzene rings is 1. The van der Waals surface area contributed by atoms with E-state index in [1.807, 2.05) is 31.2 Å². The van der Waals surface area contributed by atoms with Crippen molar-refractivity contribution >= 4 is 35.0 Å². The van der Waals surface area contributed by atoms with Crippen LogP contribution in [-0.4, -0.2) is 17.5 Å². The summed E-state index contributed by atoms with van der Waals surface area (Å²) < 4.78 is 0. The predicted octanol–water partition coefficient (Wildman–Crippen LogP) is 3.12. The normalized spacial score (nSPS) is 11.6. The highest BCUT2D eigenvalue weighted by Crippen LogP contribution is 2.28. The Morgan fingerprint density at radius 3 is 2.94 bits per heavy atom. The van der Waals surface area contributed by atoms with Crippen molar-refractivity contribution in [1.29, 1.82) is 5.26 Å². The van der Waals surface area contributed by atoms with Gasteiger partial charge in [-0.05, 0) is 19.1 Å². The van der Waals surface area contributed by atoms with Gasteiger partial charge in [0.25, 0.3) is 0 Å². The van der Waals surface area contributed by atoms with Crippen LogP contribution in [0.4, 0.5) is 5.69 Å². The molecule has 0 unspecified atom stereocenters. The lowest BCUT2D eigenvalue weighted by atomic mass is 10.3. The zero-order valence-electron chi connectivity index (χ0n) is 9.44. The van der Waals surface area contributed by atoms with Crippen LogP contribution >= 0.6 is 23.4 Å². The summed E-state index contributed by atoms with van der Waals surface area (Å²) in [4.78, 5) is 12.2. The number of rotatable bonds is 5. The zero-order chi connectivity index (χ0) is 12.7. The van der Waals surface area contributed by atoms with E-state index in [2.05, 4.69) is 11.4 Å². The van der Waals surface area contributed by atoms with E-state index >= 15 is 0 Å². The Hall–Kier alpha value is -1.18. The third kappa shape index (κ3) is 4.68. The van der Waals surface area contributed by atoms with E-state index in [-0.39, 0.29) is 17.7 Å². The Morgan fingerprint density at radius 1 is 1.59 bits per heavy atom. The predicted molar refractivity (Wildman–Crippen MR) is 71.3 cm³/mol. The second-order valence-corrected chi connectivity index (χ2v) is 4.85. The molecule has 0 saturated heterocycles. The highest BCUT2D eigenvalue weighted by atomic mass is 35.5. The molecule has 90 valence electrons. The average molecular weight is 269 g/mol. The van der Waals surface area contributed by atoms with Crippen molar-refractivity contribution < 1.29 is 4.79 Å². The van der Waals surface area contributed by atoms with Gasteiger partial charge in [0.15, 0.2) is 0 Å². The molecular weight excluding hydrogens is 256 g/mol. The molecule has 1 rings (SSSR count). The van der Waals surface area contributed by atoms with Gasteiger partial charge in [-0.3, -0.25) is 4.79 Å². The van der Waals surface area contributed by atoms with Crippen LogP contribution < -0.4 is 5.32 Å². The smallest absolute Gasteiger partial charge is 0.239 e. The van der Waals surface area contributed by atoms with Gasteiger partial charge in [0, 0.05) is 10.6 Å². The molecule has 0 saturated carbocycles. The first-order chi connectivity index (χ1) is 8.17. The molecule has 0 aliphatic rings. The number of thioether (sulfide) groups is 1. The number of hydrogen-bond acceptors (Lipinski definition) is 3. The molecule has 0 bridgehead atoms. The molecule has 1 N–H and O–H groups in total. The van der Waals surface area contributed by atoms with Gasteiger partial charge in [0.2, 0.25) is 5.91 Å². The van der Waals surface area contributed by atoms with Gasteiger partial charge in [-0.25, -0.2) is 0 Å². The Labute approximate surface area is 110 Å². The first kappa shape index (κ1) is 13.9. The second-order valence-electron chi connectivity index (χ2n) is 3.52. The fraction of sp³-hybridized carbons (Fsp3) is 0.333. The average Bonchev–Trinajstić information content (AvgIpc) is 2.37. The fourth-order valence-corrected chi connectivity index (χ4v) is 2.15. The molecule has 17 heavy (non-hydrogen) atoms. The van der Waals surface area contributed by atoms with Gasteiger partial charge in [-0.2, -0.15) is 5.26 Å². The van der Waals surface area contributed by atoms with Crippen molar-refractivity contribution in [3.63, 3.8) is 0 Å². The SMILES string of the molecule is C[C@@H](C#N)CSc1ccccc1NC(=O)CCl. The summed E-state index contributed by atoms with van der Waals surface area (Å²) in [6, 6.07) is 9.66. The van der Waals surface area contributed by atoms with Crippen molar-refractivity contribution in [1.82, 2.24) is 0 Å². The standard InChI is InChI=1S/C12H13ClN2OS/c1-9(7-14)8-17-11-5-3-2-4-10(11)15-12(16)6-13/h2-5,9H,6,8H2,1H3,(H,15,16)/t9-/m0/s1. The summed E-state index contributed by atoms with van der Waals surface area (Å²) in [5, 5.41) is 11.4. The van der Waals surface area contributed by atoms with E-state index in [1.54, 1.807) is 11.8 Å². The molecule has 1 atom stereocenters. The number of halogens is 1. The number of alkyl halides is 1. The Morgan fingerprint density at radius 2 is 2.29 bits per heavy atom. The Balaban J connectivity index is 2.71. The van der Waals surface area contributed by atoms with Crippen LogP contribution in [0.25, 0.3) is 0 Å². The summed E-state index contributed by atoms with van der Waals surface area (Å²) in [5.41, 5.74) is 0.744. The largest absolute Gasteiger partial charge is 0.324 e. The van der Waals surface area contributed by atoms with Gasteiger partial charge in [-0.15, -0.1) is 23.4 Å². The molecule has 0 spiro atoms. The van der Waals surface area contributed by atoms with Crippen molar-refractivity contribution in [2.45, 2.75) is 11.8 Å². The quantitative estimate of drug-likeness (QED) is 0.659. The second kappa shape index (κ2) is 7.21. The summed E-state index contributed by atoms with van der Waals surface area (Å²) >= 11 is 6.99. The van der Waals surface area contributed by atoms with Gasteiger partial charge < -0.3 is 5.32 Å². The zero-order valence-corrected chi connectivity index (χ0v) is 11.0. The van der Waals surface area contributed by atoms with Crippen LogP contribution in [-0.2, 0) is 4.79 Å². The van der Waals surface area contributed by atoms with Crippen LogP contribution in [0.5, 0.6) is 0 Å². The molecule has 1 amide bonds. The summed E-state index contributed by atoms with van der Waals surface area (Å²) in [7, 11) is 0. The maximum absolute atomic E-state index is 11.2. The maximum atomic E-state index is 11.2. The van der Waals surface area contributed by atoms with Gasteiger partial charge in [0.05, 0.1) is 17.7 Å². The monoisotopic (exact) mass is 268 g/mol. The number of nitriles is 1. The lowest BCUT2D eigenvalue weighted by molar-refractivity contribution is -0.113. The maximum Gasteiger partial charge on any atom is 0.239 e. The third-order valence-corrected chi connectivity index (χ3v) is 3.57. The number of carbonyl (C=O) groups is 1. The molecule has 1 aromatic rings. The molecule has 0 heterocycles. The van der Waals surface area contributed by atoms with Crippen molar-refractivity contribution in [3.05, 3.63) is 24.3 Å². The number of nitrogens with one attached hydrogen (secondary N) is 1.